The SMILES string of the molecule is C/C(C(=O)C1CC1)=C(/O)C(C)C. The molecule has 1 saturated carbocycles. The predicted octanol–water partition coefficient (Wildman–Crippen LogP) is 2.45. The Bertz CT molecular complexity index is 222. The average Bonchev–Trinajstić information content (AvgIpc) is 2.82. The Balaban J connectivity index is 2.71. The van der Waals surface area contributed by atoms with E-state index >= 15 is 0 Å². The molecule has 0 heterocycles. The van der Waals surface area contributed by atoms with Gasteiger partial charge in [0.1, 0.15) is 5.76 Å². The van der Waals surface area contributed by atoms with Crippen LogP contribution in [-0.2, 0) is 4.79 Å². The lowest BCUT2D eigenvalue weighted by atomic mass is 10.0. The van der Waals surface area contributed by atoms with E-state index in [0.29, 0.717) is 5.57 Å². The van der Waals surface area contributed by atoms with Crippen molar-refractivity contribution in [2.45, 2.75) is 33.6 Å². The molecule has 0 radical (unpaired) electrons. The molecule has 0 aliphatic heterocycles. The third kappa shape index (κ3) is 1.87. The molecule has 1 aliphatic rings. The molecule has 68 valence electrons. The zero-order valence-electron chi connectivity index (χ0n) is 7.92. The van der Waals surface area contributed by atoms with Crippen molar-refractivity contribution in [1.29, 1.82) is 0 Å². The highest BCUT2D eigenvalue weighted by molar-refractivity contribution is 5.98. The number of rotatable bonds is 3. The highest BCUT2D eigenvalue weighted by Gasteiger charge is 2.31. The van der Waals surface area contributed by atoms with Gasteiger partial charge in [0.25, 0.3) is 0 Å². The summed E-state index contributed by atoms with van der Waals surface area (Å²) in [5.74, 6) is 0.673. The summed E-state index contributed by atoms with van der Waals surface area (Å²) in [5.41, 5.74) is 0.563. The van der Waals surface area contributed by atoms with Gasteiger partial charge in [-0.3, -0.25) is 4.79 Å². The minimum atomic E-state index is 0.0627. The maximum atomic E-state index is 11.4. The molecule has 0 amide bonds. The fourth-order valence-corrected chi connectivity index (χ4v) is 1.21. The minimum absolute atomic E-state index is 0.0627. The van der Waals surface area contributed by atoms with E-state index in [9.17, 15) is 9.90 Å². The first kappa shape index (κ1) is 9.30. The number of aliphatic hydroxyl groups is 1. The van der Waals surface area contributed by atoms with Crippen LogP contribution in [0.2, 0.25) is 0 Å². The van der Waals surface area contributed by atoms with Gasteiger partial charge in [-0.15, -0.1) is 0 Å². The summed E-state index contributed by atoms with van der Waals surface area (Å²) in [4.78, 5) is 11.4. The molecule has 1 N–H and O–H groups in total. The minimum Gasteiger partial charge on any atom is -0.512 e. The van der Waals surface area contributed by atoms with E-state index in [1.807, 2.05) is 13.8 Å². The fraction of sp³-hybridized carbons (Fsp3) is 0.700. The van der Waals surface area contributed by atoms with Gasteiger partial charge in [0.2, 0.25) is 0 Å². The highest BCUT2D eigenvalue weighted by Crippen LogP contribution is 2.33. The maximum Gasteiger partial charge on any atom is 0.164 e. The molecular weight excluding hydrogens is 152 g/mol. The van der Waals surface area contributed by atoms with Gasteiger partial charge >= 0.3 is 0 Å². The second-order valence-corrected chi connectivity index (χ2v) is 3.80. The van der Waals surface area contributed by atoms with Crippen LogP contribution in [-0.4, -0.2) is 10.9 Å². The second-order valence-electron chi connectivity index (χ2n) is 3.80. The van der Waals surface area contributed by atoms with Crippen LogP contribution in [0.4, 0.5) is 0 Å². The third-order valence-electron chi connectivity index (χ3n) is 2.25. The van der Waals surface area contributed by atoms with E-state index in [-0.39, 0.29) is 23.4 Å². The third-order valence-corrected chi connectivity index (χ3v) is 2.25. The van der Waals surface area contributed by atoms with Gasteiger partial charge < -0.3 is 5.11 Å². The molecule has 0 unspecified atom stereocenters. The lowest BCUT2D eigenvalue weighted by Crippen LogP contribution is -2.08. The molecule has 2 heteroatoms. The van der Waals surface area contributed by atoms with Crippen molar-refractivity contribution in [1.82, 2.24) is 0 Å². The van der Waals surface area contributed by atoms with Crippen LogP contribution in [0.25, 0.3) is 0 Å². The van der Waals surface area contributed by atoms with Gasteiger partial charge in [0.15, 0.2) is 5.78 Å². The number of ketones is 1. The summed E-state index contributed by atoms with van der Waals surface area (Å²) < 4.78 is 0. The van der Waals surface area contributed by atoms with Gasteiger partial charge in [-0.1, -0.05) is 13.8 Å². The predicted molar refractivity (Wildman–Crippen MR) is 47.9 cm³/mol. The van der Waals surface area contributed by atoms with Gasteiger partial charge in [0.05, 0.1) is 0 Å². The molecule has 0 saturated heterocycles. The molecule has 0 aromatic heterocycles. The Morgan fingerprint density at radius 1 is 1.42 bits per heavy atom. The largest absolute Gasteiger partial charge is 0.512 e. The van der Waals surface area contributed by atoms with Crippen LogP contribution < -0.4 is 0 Å². The molecule has 0 atom stereocenters. The van der Waals surface area contributed by atoms with Crippen molar-refractivity contribution >= 4 is 5.78 Å². The Labute approximate surface area is 73.3 Å². The highest BCUT2D eigenvalue weighted by atomic mass is 16.3. The van der Waals surface area contributed by atoms with Crippen LogP contribution in [0.1, 0.15) is 33.6 Å². The van der Waals surface area contributed by atoms with E-state index in [1.165, 1.54) is 0 Å². The zero-order chi connectivity index (χ0) is 9.30. The summed E-state index contributed by atoms with van der Waals surface area (Å²) in [7, 11) is 0. The monoisotopic (exact) mass is 168 g/mol. The summed E-state index contributed by atoms with van der Waals surface area (Å²) in [5, 5.41) is 9.50. The van der Waals surface area contributed by atoms with E-state index in [4.69, 9.17) is 0 Å². The molecule has 0 aromatic rings. The second kappa shape index (κ2) is 3.30. The van der Waals surface area contributed by atoms with Gasteiger partial charge in [-0.2, -0.15) is 0 Å². The van der Waals surface area contributed by atoms with Crippen molar-refractivity contribution in [3.63, 3.8) is 0 Å². The molecular formula is C10H16O2. The molecule has 1 rings (SSSR count). The number of carbonyl (C=O) groups excluding carboxylic acids is 1. The quantitative estimate of drug-likeness (QED) is 0.519. The van der Waals surface area contributed by atoms with Crippen LogP contribution in [0.5, 0.6) is 0 Å². The van der Waals surface area contributed by atoms with Gasteiger partial charge in [0, 0.05) is 17.4 Å². The maximum absolute atomic E-state index is 11.4. The Morgan fingerprint density at radius 2 is 1.92 bits per heavy atom. The van der Waals surface area contributed by atoms with E-state index < -0.39 is 0 Å². The molecule has 0 aromatic carbocycles. The van der Waals surface area contributed by atoms with Crippen molar-refractivity contribution in [3.05, 3.63) is 11.3 Å². The van der Waals surface area contributed by atoms with Crippen LogP contribution in [0.3, 0.4) is 0 Å². The smallest absolute Gasteiger partial charge is 0.164 e. The molecule has 0 spiro atoms. The zero-order valence-corrected chi connectivity index (χ0v) is 7.92. The number of Topliss-reactive ketones (excluding diaryl/α,β-unsaturated/α-hetero) is 1. The average molecular weight is 168 g/mol. The standard InChI is InChI=1S/C10H16O2/c1-6(2)9(11)7(3)10(12)8-4-5-8/h6,8,11H,4-5H2,1-3H3/b9-7-. The number of carbonyl (C=O) groups is 1. The van der Waals surface area contributed by atoms with Crippen LogP contribution >= 0.6 is 0 Å². The normalized spacial score (nSPS) is 19.3. The van der Waals surface area contributed by atoms with Gasteiger partial charge in [-0.25, -0.2) is 0 Å². The number of hydrogen-bond donors (Lipinski definition) is 1. The summed E-state index contributed by atoms with van der Waals surface area (Å²) in [6, 6.07) is 0. The van der Waals surface area contributed by atoms with E-state index in [2.05, 4.69) is 0 Å². The van der Waals surface area contributed by atoms with Crippen molar-refractivity contribution in [3.8, 4) is 0 Å². The lowest BCUT2D eigenvalue weighted by molar-refractivity contribution is -0.116. The van der Waals surface area contributed by atoms with E-state index in [1.54, 1.807) is 6.92 Å². The van der Waals surface area contributed by atoms with Crippen LogP contribution in [0, 0.1) is 11.8 Å². The van der Waals surface area contributed by atoms with Gasteiger partial charge in [-0.05, 0) is 19.8 Å². The number of aliphatic hydroxyl groups excluding tert-OH is 1. The first-order valence-electron chi connectivity index (χ1n) is 4.48. The molecule has 1 fully saturated rings. The Morgan fingerprint density at radius 3 is 2.25 bits per heavy atom. The first-order valence-corrected chi connectivity index (χ1v) is 4.48. The molecule has 12 heavy (non-hydrogen) atoms. The Kier molecular flexibility index (Phi) is 2.55. The number of allylic oxidation sites excluding steroid dienone is 2. The Hall–Kier alpha value is -0.790. The van der Waals surface area contributed by atoms with Crippen molar-refractivity contribution in [2.75, 3.05) is 0 Å². The van der Waals surface area contributed by atoms with E-state index in [0.717, 1.165) is 12.8 Å². The molecule has 0 bridgehead atoms. The summed E-state index contributed by atoms with van der Waals surface area (Å²) in [6.45, 7) is 5.49. The van der Waals surface area contributed by atoms with Crippen molar-refractivity contribution in [2.24, 2.45) is 11.8 Å². The molecule has 1 aliphatic carbocycles. The molecule has 2 nitrogen and oxygen atoms in total. The fourth-order valence-electron chi connectivity index (χ4n) is 1.21. The topological polar surface area (TPSA) is 37.3 Å². The van der Waals surface area contributed by atoms with Crippen molar-refractivity contribution < 1.29 is 9.90 Å². The van der Waals surface area contributed by atoms with Crippen LogP contribution in [0.15, 0.2) is 11.3 Å². The summed E-state index contributed by atoms with van der Waals surface area (Å²) >= 11 is 0. The number of hydrogen-bond acceptors (Lipinski definition) is 2. The lowest BCUT2D eigenvalue weighted by Gasteiger charge is -2.07. The first-order chi connectivity index (χ1) is 5.54. The summed E-state index contributed by atoms with van der Waals surface area (Å²) in [6.07, 6.45) is 2.00.